The summed E-state index contributed by atoms with van der Waals surface area (Å²) in [6, 6.07) is 0. The normalized spacial score (nSPS) is 14.9. The maximum absolute atomic E-state index is 13.8. The molecule has 0 aromatic carbocycles. The molecule has 48 heavy (non-hydrogen) atoms. The molecule has 0 aromatic rings. The molecule has 0 rings (SSSR count). The molecular formula is C29H44F12O7. The molecule has 0 unspecified atom stereocenters. The third-order valence-electron chi connectivity index (χ3n) is 7.76. The van der Waals surface area contributed by atoms with Crippen molar-refractivity contribution in [1.29, 1.82) is 0 Å². The van der Waals surface area contributed by atoms with Crippen molar-refractivity contribution in [2.24, 2.45) is 16.2 Å². The topological polar surface area (TPSA) is 99.1 Å². The van der Waals surface area contributed by atoms with Crippen LogP contribution in [0.2, 0.25) is 0 Å². The van der Waals surface area contributed by atoms with Gasteiger partial charge in [-0.15, -0.1) is 0 Å². The summed E-state index contributed by atoms with van der Waals surface area (Å²) >= 11 is 0. The molecule has 0 aliphatic rings. The minimum absolute atomic E-state index is 0.106. The Labute approximate surface area is 271 Å². The Hall–Kier alpha value is -2.47. The molecular weight excluding hydrogens is 688 g/mol. The second-order valence-corrected chi connectivity index (χ2v) is 14.3. The van der Waals surface area contributed by atoms with Crippen LogP contribution in [0.5, 0.6) is 0 Å². The van der Waals surface area contributed by atoms with Gasteiger partial charge in [0.2, 0.25) is 0 Å². The zero-order valence-corrected chi connectivity index (χ0v) is 28.8. The van der Waals surface area contributed by atoms with Gasteiger partial charge in [-0.05, 0) is 89.0 Å². The number of rotatable bonds is 9. The first kappa shape index (κ1) is 47.6. The molecule has 0 aromatic heterocycles. The summed E-state index contributed by atoms with van der Waals surface area (Å²) in [5.41, 5.74) is -21.0. The van der Waals surface area contributed by atoms with E-state index in [0.29, 0.717) is 27.7 Å². The Morgan fingerprint density at radius 2 is 0.729 bits per heavy atom. The molecule has 0 heterocycles. The first-order valence-corrected chi connectivity index (χ1v) is 14.2. The number of carbonyl (C=O) groups is 3. The number of carbonyl (C=O) groups excluding carboxylic acids is 3. The van der Waals surface area contributed by atoms with Crippen LogP contribution < -0.4 is 0 Å². The molecule has 0 aliphatic heterocycles. The molecule has 1 N–H and O–H groups in total. The van der Waals surface area contributed by atoms with Crippen molar-refractivity contribution in [1.82, 2.24) is 0 Å². The zero-order valence-electron chi connectivity index (χ0n) is 28.8. The molecule has 0 aliphatic carbocycles. The van der Waals surface area contributed by atoms with Crippen LogP contribution in [0.3, 0.4) is 0 Å². The van der Waals surface area contributed by atoms with Gasteiger partial charge in [-0.25, -0.2) is 0 Å². The average Bonchev–Trinajstić information content (AvgIpc) is 2.82. The minimum atomic E-state index is -6.10. The van der Waals surface area contributed by atoms with E-state index in [1.807, 2.05) is 0 Å². The summed E-state index contributed by atoms with van der Waals surface area (Å²) in [5, 5.41) is 9.27. The molecule has 286 valence electrons. The fourth-order valence-electron chi connectivity index (χ4n) is 3.39. The number of esters is 3. The van der Waals surface area contributed by atoms with Crippen molar-refractivity contribution in [2.75, 3.05) is 0 Å². The van der Waals surface area contributed by atoms with Crippen molar-refractivity contribution < 1.29 is 86.4 Å². The van der Waals surface area contributed by atoms with Gasteiger partial charge in [0, 0.05) is 0 Å². The third-order valence-corrected chi connectivity index (χ3v) is 7.76. The standard InChI is InChI=1S/C17H26F6O4.C12H18F6O3/c1-9-13(5,6)11(25)26-14(7,8)15(16(18,19)20,17(21,22)23)27-10(24)12(2,3)4;1-6-8(2,3)7(19)21-9(4,5)10(20,11(13,14)15)12(16,17)18/h9H2,1-8H3;20H,6H2,1-5H3. The number of halogens is 12. The lowest BCUT2D eigenvalue weighted by Gasteiger charge is -2.47. The second kappa shape index (κ2) is 14.0. The average molecular weight is 733 g/mol. The van der Waals surface area contributed by atoms with Crippen LogP contribution in [0.15, 0.2) is 0 Å². The molecule has 0 radical (unpaired) electrons. The van der Waals surface area contributed by atoms with E-state index in [4.69, 9.17) is 0 Å². The molecule has 0 amide bonds. The first-order valence-electron chi connectivity index (χ1n) is 14.2. The van der Waals surface area contributed by atoms with Crippen molar-refractivity contribution in [3.8, 4) is 0 Å². The molecule has 0 spiro atoms. The van der Waals surface area contributed by atoms with Crippen LogP contribution in [-0.4, -0.2) is 70.1 Å². The maximum Gasteiger partial charge on any atom is 0.441 e. The van der Waals surface area contributed by atoms with Gasteiger partial charge in [-0.2, -0.15) is 52.7 Å². The van der Waals surface area contributed by atoms with Crippen LogP contribution in [-0.2, 0) is 28.6 Å². The van der Waals surface area contributed by atoms with Gasteiger partial charge in [0.25, 0.3) is 5.60 Å². The fraction of sp³-hybridized carbons (Fsp3) is 0.897. The van der Waals surface area contributed by atoms with Crippen LogP contribution in [0, 0.1) is 16.2 Å². The number of hydrogen-bond donors (Lipinski definition) is 1. The summed E-state index contributed by atoms with van der Waals surface area (Å²) in [7, 11) is 0. The van der Waals surface area contributed by atoms with E-state index in [1.165, 1.54) is 41.5 Å². The first-order chi connectivity index (χ1) is 20.5. The van der Waals surface area contributed by atoms with Crippen LogP contribution in [0.4, 0.5) is 52.7 Å². The molecule has 7 nitrogen and oxygen atoms in total. The number of aliphatic hydroxyl groups is 1. The van der Waals surface area contributed by atoms with E-state index in [0.717, 1.165) is 20.8 Å². The van der Waals surface area contributed by atoms with Crippen LogP contribution >= 0.6 is 0 Å². The summed E-state index contributed by atoms with van der Waals surface area (Å²) < 4.78 is 172. The Balaban J connectivity index is 0. The van der Waals surface area contributed by atoms with Crippen molar-refractivity contribution in [3.63, 3.8) is 0 Å². The van der Waals surface area contributed by atoms with Gasteiger partial charge in [0.05, 0.1) is 16.2 Å². The van der Waals surface area contributed by atoms with Crippen molar-refractivity contribution in [2.45, 2.75) is 150 Å². The van der Waals surface area contributed by atoms with E-state index < -0.39 is 81.3 Å². The summed E-state index contributed by atoms with van der Waals surface area (Å²) in [6.45, 7) is 13.2. The van der Waals surface area contributed by atoms with Gasteiger partial charge in [-0.3, -0.25) is 14.4 Å². The molecule has 19 heteroatoms. The Morgan fingerprint density at radius 1 is 0.458 bits per heavy atom. The number of alkyl halides is 12. The lowest BCUT2D eigenvalue weighted by Crippen LogP contribution is -2.72. The number of hydrogen-bond acceptors (Lipinski definition) is 7. The van der Waals surface area contributed by atoms with E-state index in [2.05, 4.69) is 14.2 Å². The highest BCUT2D eigenvalue weighted by atomic mass is 19.4. The minimum Gasteiger partial charge on any atom is -0.455 e. The Kier molecular flexibility index (Phi) is 13.9. The second-order valence-electron chi connectivity index (χ2n) is 14.3. The lowest BCUT2D eigenvalue weighted by molar-refractivity contribution is -0.409. The molecule has 0 saturated heterocycles. The smallest absolute Gasteiger partial charge is 0.441 e. The highest BCUT2D eigenvalue weighted by molar-refractivity contribution is 5.78. The SMILES string of the molecule is CCC(C)(C)C(=O)OC(C)(C)C(O)(C(F)(F)F)C(F)(F)F.CCC(C)(C)C(=O)OC(C)(C)C(OC(=O)C(C)(C)C)(C(F)(F)F)C(F)(F)F. The third kappa shape index (κ3) is 9.61. The quantitative estimate of drug-likeness (QED) is 0.144. The summed E-state index contributed by atoms with van der Waals surface area (Å²) in [6.07, 6.45) is -24.1. The van der Waals surface area contributed by atoms with E-state index in [9.17, 15) is 72.2 Å². The Morgan fingerprint density at radius 3 is 0.938 bits per heavy atom. The van der Waals surface area contributed by atoms with Crippen molar-refractivity contribution >= 4 is 17.9 Å². The van der Waals surface area contributed by atoms with Gasteiger partial charge in [0.15, 0.2) is 11.2 Å². The predicted octanol–water partition coefficient (Wildman–Crippen LogP) is 8.80. The van der Waals surface area contributed by atoms with Gasteiger partial charge < -0.3 is 19.3 Å². The predicted molar refractivity (Wildman–Crippen MR) is 146 cm³/mol. The van der Waals surface area contributed by atoms with E-state index in [1.54, 1.807) is 0 Å². The van der Waals surface area contributed by atoms with E-state index in [-0.39, 0.29) is 12.8 Å². The molecule has 0 atom stereocenters. The fourth-order valence-corrected chi connectivity index (χ4v) is 3.39. The summed E-state index contributed by atoms with van der Waals surface area (Å²) in [5.74, 6) is -4.28. The van der Waals surface area contributed by atoms with Crippen molar-refractivity contribution in [3.05, 3.63) is 0 Å². The van der Waals surface area contributed by atoms with Crippen LogP contribution in [0.25, 0.3) is 0 Å². The lowest BCUT2D eigenvalue weighted by atomic mass is 9.82. The molecule has 0 saturated carbocycles. The maximum atomic E-state index is 13.8. The number of ether oxygens (including phenoxy) is 3. The van der Waals surface area contributed by atoms with E-state index >= 15 is 0 Å². The monoisotopic (exact) mass is 732 g/mol. The highest BCUT2D eigenvalue weighted by Gasteiger charge is 2.83. The van der Waals surface area contributed by atoms with Gasteiger partial charge in [0.1, 0.15) is 0 Å². The molecule has 0 bridgehead atoms. The molecule has 0 fully saturated rings. The zero-order chi connectivity index (χ0) is 39.8. The van der Waals surface area contributed by atoms with Gasteiger partial charge in [-0.1, -0.05) is 13.8 Å². The highest BCUT2D eigenvalue weighted by Crippen LogP contribution is 2.55. The Bertz CT molecular complexity index is 1110. The largest absolute Gasteiger partial charge is 0.455 e. The van der Waals surface area contributed by atoms with Gasteiger partial charge >= 0.3 is 48.2 Å². The summed E-state index contributed by atoms with van der Waals surface area (Å²) in [4.78, 5) is 35.9. The van der Waals surface area contributed by atoms with Crippen LogP contribution in [0.1, 0.15) is 103 Å².